The summed E-state index contributed by atoms with van der Waals surface area (Å²) in [5, 5.41) is 0. The predicted octanol–water partition coefficient (Wildman–Crippen LogP) is 2.36. The van der Waals surface area contributed by atoms with Gasteiger partial charge in [-0.2, -0.15) is 0 Å². The number of methoxy groups -OCH3 is 1. The molecule has 2 aliphatic rings. The van der Waals surface area contributed by atoms with Crippen molar-refractivity contribution in [2.45, 2.75) is 57.1 Å². The Balaban J connectivity index is 1.91. The summed E-state index contributed by atoms with van der Waals surface area (Å²) in [6, 6.07) is 0. The quantitative estimate of drug-likeness (QED) is 0.454. The van der Waals surface area contributed by atoms with E-state index >= 15 is 0 Å². The van der Waals surface area contributed by atoms with E-state index in [4.69, 9.17) is 18.9 Å². The van der Waals surface area contributed by atoms with Crippen molar-refractivity contribution in [3.05, 3.63) is 12.2 Å². The number of ether oxygens (including phenoxy) is 4. The third-order valence-corrected chi connectivity index (χ3v) is 4.31. The molecule has 1 saturated heterocycles. The molecule has 2 rings (SSSR count). The summed E-state index contributed by atoms with van der Waals surface area (Å²) in [5.74, 6) is 3.28. The average Bonchev–Trinajstić information content (AvgIpc) is 2.90. The van der Waals surface area contributed by atoms with Crippen LogP contribution in [-0.4, -0.2) is 53.0 Å². The van der Waals surface area contributed by atoms with E-state index in [9.17, 15) is 0 Å². The maximum Gasteiger partial charge on any atom is 0.160 e. The van der Waals surface area contributed by atoms with Crippen LogP contribution in [0.25, 0.3) is 0 Å². The standard InChI is InChI=1S/C16H26O4Si/c1-17-14-8-7-13(12-16-18-9-10-19-16)20-15(14)6-5-11-21(2,3)4/h7-8,13-16H,6,9-10,12H2,1-4H3/t13-,14-,15+/m0/s1. The van der Waals surface area contributed by atoms with Crippen molar-refractivity contribution < 1.29 is 18.9 Å². The second-order valence-corrected chi connectivity index (χ2v) is 11.2. The van der Waals surface area contributed by atoms with Crippen LogP contribution in [0.15, 0.2) is 12.2 Å². The highest BCUT2D eigenvalue weighted by molar-refractivity contribution is 6.83. The molecule has 2 heterocycles. The van der Waals surface area contributed by atoms with Crippen molar-refractivity contribution in [1.29, 1.82) is 0 Å². The molecule has 0 bridgehead atoms. The molecule has 0 aromatic heterocycles. The monoisotopic (exact) mass is 310 g/mol. The largest absolute Gasteiger partial charge is 0.375 e. The molecule has 2 aliphatic heterocycles. The van der Waals surface area contributed by atoms with E-state index in [1.807, 2.05) is 6.08 Å². The summed E-state index contributed by atoms with van der Waals surface area (Å²) >= 11 is 0. The molecule has 1 fully saturated rings. The van der Waals surface area contributed by atoms with Crippen molar-refractivity contribution in [2.75, 3.05) is 20.3 Å². The van der Waals surface area contributed by atoms with E-state index in [0.717, 1.165) is 6.42 Å². The fourth-order valence-electron chi connectivity index (χ4n) is 2.38. The first-order chi connectivity index (χ1) is 9.98. The zero-order valence-corrected chi connectivity index (χ0v) is 14.4. The van der Waals surface area contributed by atoms with Crippen LogP contribution in [0.5, 0.6) is 0 Å². The van der Waals surface area contributed by atoms with Crippen LogP contribution in [0.4, 0.5) is 0 Å². The Morgan fingerprint density at radius 1 is 1.19 bits per heavy atom. The summed E-state index contributed by atoms with van der Waals surface area (Å²) in [7, 11) is 0.373. The van der Waals surface area contributed by atoms with Gasteiger partial charge in [-0.05, 0) is 0 Å². The third-order valence-electron chi connectivity index (χ3n) is 3.39. The van der Waals surface area contributed by atoms with E-state index in [0.29, 0.717) is 19.6 Å². The highest BCUT2D eigenvalue weighted by Gasteiger charge is 2.29. The van der Waals surface area contributed by atoms with Gasteiger partial charge in [0.2, 0.25) is 0 Å². The van der Waals surface area contributed by atoms with Crippen molar-refractivity contribution in [1.82, 2.24) is 0 Å². The van der Waals surface area contributed by atoms with E-state index in [2.05, 4.69) is 37.2 Å². The molecule has 118 valence electrons. The second kappa shape index (κ2) is 7.57. The Morgan fingerprint density at radius 3 is 2.52 bits per heavy atom. The van der Waals surface area contributed by atoms with E-state index in [-0.39, 0.29) is 24.6 Å². The van der Waals surface area contributed by atoms with Gasteiger partial charge in [-0.25, -0.2) is 0 Å². The number of hydrogen-bond acceptors (Lipinski definition) is 4. The van der Waals surface area contributed by atoms with Crippen LogP contribution in [0.1, 0.15) is 12.8 Å². The maximum atomic E-state index is 6.11. The van der Waals surface area contributed by atoms with Crippen LogP contribution in [0.2, 0.25) is 19.6 Å². The van der Waals surface area contributed by atoms with Crippen LogP contribution >= 0.6 is 0 Å². The van der Waals surface area contributed by atoms with Gasteiger partial charge in [0.05, 0.1) is 25.4 Å². The summed E-state index contributed by atoms with van der Waals surface area (Å²) in [4.78, 5) is 0. The van der Waals surface area contributed by atoms with Crippen molar-refractivity contribution in [3.63, 3.8) is 0 Å². The fourth-order valence-corrected chi connectivity index (χ4v) is 3.02. The van der Waals surface area contributed by atoms with Gasteiger partial charge in [0.1, 0.15) is 14.2 Å². The van der Waals surface area contributed by atoms with Crippen molar-refractivity contribution >= 4 is 8.07 Å². The first kappa shape index (κ1) is 16.7. The molecule has 21 heavy (non-hydrogen) atoms. The Hall–Kier alpha value is -0.643. The molecule has 3 atom stereocenters. The molecular formula is C16H26O4Si. The van der Waals surface area contributed by atoms with Crippen molar-refractivity contribution in [3.8, 4) is 11.5 Å². The van der Waals surface area contributed by atoms with Gasteiger partial charge in [0.25, 0.3) is 0 Å². The predicted molar refractivity (Wildman–Crippen MR) is 84.6 cm³/mol. The minimum Gasteiger partial charge on any atom is -0.375 e. The minimum atomic E-state index is -1.34. The lowest BCUT2D eigenvalue weighted by Crippen LogP contribution is -2.37. The van der Waals surface area contributed by atoms with E-state index in [1.165, 1.54) is 0 Å². The average molecular weight is 310 g/mol. The molecule has 0 aromatic carbocycles. The highest BCUT2D eigenvalue weighted by atomic mass is 28.3. The minimum absolute atomic E-state index is 0.0122. The fraction of sp³-hybridized carbons (Fsp3) is 0.750. The molecule has 0 saturated carbocycles. The molecule has 0 aromatic rings. The number of rotatable bonds is 4. The Bertz CT molecular complexity index is 412. The van der Waals surface area contributed by atoms with Crippen LogP contribution in [0.3, 0.4) is 0 Å². The molecule has 0 aliphatic carbocycles. The maximum absolute atomic E-state index is 6.11. The normalized spacial score (nSPS) is 30.2. The third kappa shape index (κ3) is 5.57. The molecule has 0 radical (unpaired) electrons. The van der Waals surface area contributed by atoms with E-state index < -0.39 is 8.07 Å². The molecular weight excluding hydrogens is 284 g/mol. The van der Waals surface area contributed by atoms with Crippen LogP contribution in [-0.2, 0) is 18.9 Å². The Kier molecular flexibility index (Phi) is 6.03. The summed E-state index contributed by atoms with van der Waals surface area (Å²) in [5.41, 5.74) is 3.38. The second-order valence-electron chi connectivity index (χ2n) is 6.46. The molecule has 0 unspecified atom stereocenters. The van der Waals surface area contributed by atoms with Crippen LogP contribution in [0, 0.1) is 11.5 Å². The van der Waals surface area contributed by atoms with Crippen molar-refractivity contribution in [2.24, 2.45) is 0 Å². The van der Waals surface area contributed by atoms with E-state index in [1.54, 1.807) is 7.11 Å². The smallest absolute Gasteiger partial charge is 0.160 e. The van der Waals surface area contributed by atoms with Gasteiger partial charge in [-0.3, -0.25) is 0 Å². The molecule has 0 spiro atoms. The van der Waals surface area contributed by atoms with Gasteiger partial charge in [0.15, 0.2) is 6.29 Å². The molecule has 0 N–H and O–H groups in total. The molecule has 4 nitrogen and oxygen atoms in total. The topological polar surface area (TPSA) is 36.9 Å². The summed E-state index contributed by atoms with van der Waals surface area (Å²) in [6.07, 6.45) is 5.37. The van der Waals surface area contributed by atoms with Crippen LogP contribution < -0.4 is 0 Å². The zero-order valence-electron chi connectivity index (χ0n) is 13.4. The SMILES string of the molecule is CO[C@H]1C=C[C@@H](CC2OCCO2)O[C@@H]1CC#C[Si](C)(C)C. The first-order valence-electron chi connectivity index (χ1n) is 7.58. The van der Waals surface area contributed by atoms with Gasteiger partial charge >= 0.3 is 0 Å². The summed E-state index contributed by atoms with van der Waals surface area (Å²) in [6.45, 7) is 8.08. The summed E-state index contributed by atoms with van der Waals surface area (Å²) < 4.78 is 22.5. The lowest BCUT2D eigenvalue weighted by molar-refractivity contribution is -0.111. The first-order valence-corrected chi connectivity index (χ1v) is 11.1. The van der Waals surface area contributed by atoms with Gasteiger partial charge < -0.3 is 18.9 Å². The number of hydrogen-bond donors (Lipinski definition) is 0. The zero-order chi connectivity index (χ0) is 15.3. The highest BCUT2D eigenvalue weighted by Crippen LogP contribution is 2.23. The lowest BCUT2D eigenvalue weighted by Gasteiger charge is -2.31. The van der Waals surface area contributed by atoms with Gasteiger partial charge in [-0.1, -0.05) is 31.8 Å². The van der Waals surface area contributed by atoms with Gasteiger partial charge in [-0.15, -0.1) is 11.5 Å². The Morgan fingerprint density at radius 2 is 1.90 bits per heavy atom. The molecule has 5 heteroatoms. The van der Waals surface area contributed by atoms with Gasteiger partial charge in [0, 0.05) is 20.0 Å². The molecule has 0 amide bonds. The lowest BCUT2D eigenvalue weighted by atomic mass is 10.0. The Labute approximate surface area is 128 Å².